The first-order valence-electron chi connectivity index (χ1n) is 7.71. The van der Waals surface area contributed by atoms with Gasteiger partial charge in [-0.3, -0.25) is 0 Å². The Kier molecular flexibility index (Phi) is 9.25. The van der Waals surface area contributed by atoms with Crippen molar-refractivity contribution < 1.29 is 9.13 Å². The van der Waals surface area contributed by atoms with Gasteiger partial charge in [-0.25, -0.2) is 4.39 Å². The van der Waals surface area contributed by atoms with Crippen molar-refractivity contribution in [3.63, 3.8) is 0 Å². The molecule has 0 aliphatic rings. The number of ether oxygens (including phenoxy) is 1. The van der Waals surface area contributed by atoms with Crippen LogP contribution in [0.25, 0.3) is 0 Å². The Morgan fingerprint density at radius 1 is 1.25 bits per heavy atom. The van der Waals surface area contributed by atoms with Crippen molar-refractivity contribution in [2.75, 3.05) is 26.8 Å². The van der Waals surface area contributed by atoms with Crippen LogP contribution in [-0.4, -0.2) is 26.8 Å². The van der Waals surface area contributed by atoms with Gasteiger partial charge in [0.25, 0.3) is 0 Å². The quantitative estimate of drug-likeness (QED) is 0.623. The van der Waals surface area contributed by atoms with Gasteiger partial charge in [-0.1, -0.05) is 44.4 Å². The van der Waals surface area contributed by atoms with Gasteiger partial charge in [0.05, 0.1) is 6.61 Å². The normalized spacial score (nSPS) is 12.6. The number of halogens is 1. The molecule has 1 atom stereocenters. The summed E-state index contributed by atoms with van der Waals surface area (Å²) >= 11 is 0. The molecule has 2 nitrogen and oxygen atoms in total. The van der Waals surface area contributed by atoms with Crippen LogP contribution in [-0.2, 0) is 11.2 Å². The van der Waals surface area contributed by atoms with Crippen LogP contribution in [0.5, 0.6) is 0 Å². The zero-order valence-electron chi connectivity index (χ0n) is 12.8. The van der Waals surface area contributed by atoms with Gasteiger partial charge in [0.1, 0.15) is 5.82 Å². The third-order valence-electron chi connectivity index (χ3n) is 3.60. The van der Waals surface area contributed by atoms with E-state index in [2.05, 4.69) is 12.2 Å². The van der Waals surface area contributed by atoms with E-state index < -0.39 is 0 Å². The van der Waals surface area contributed by atoms with E-state index >= 15 is 0 Å². The largest absolute Gasteiger partial charge is 0.383 e. The van der Waals surface area contributed by atoms with Crippen LogP contribution in [0.4, 0.5) is 4.39 Å². The van der Waals surface area contributed by atoms with Crippen LogP contribution in [0.1, 0.15) is 38.2 Å². The molecule has 0 radical (unpaired) electrons. The number of benzene rings is 1. The summed E-state index contributed by atoms with van der Waals surface area (Å²) in [6.07, 6.45) is 5.68. The summed E-state index contributed by atoms with van der Waals surface area (Å²) in [4.78, 5) is 0. The Labute approximate surface area is 122 Å². The predicted molar refractivity (Wildman–Crippen MR) is 82.5 cm³/mol. The lowest BCUT2D eigenvalue weighted by molar-refractivity contribution is 0.197. The lowest BCUT2D eigenvalue weighted by Gasteiger charge is -2.18. The zero-order chi connectivity index (χ0) is 14.6. The number of hydrogen-bond acceptors (Lipinski definition) is 2. The standard InChI is InChI=1S/C17H28FNO/c1-3-4-5-8-15(14-19-11-12-20-2)13-16-9-6-7-10-17(16)18/h6-7,9-10,15,19H,3-5,8,11-14H2,1-2H3. The SMILES string of the molecule is CCCCCC(CNCCOC)Cc1ccccc1F. The van der Waals surface area contributed by atoms with Gasteiger partial charge in [-0.05, 0) is 36.9 Å². The van der Waals surface area contributed by atoms with Crippen molar-refractivity contribution in [3.05, 3.63) is 35.6 Å². The predicted octanol–water partition coefficient (Wildman–Crippen LogP) is 3.80. The molecule has 1 aromatic rings. The Bertz CT molecular complexity index is 357. The minimum Gasteiger partial charge on any atom is -0.383 e. The topological polar surface area (TPSA) is 21.3 Å². The molecule has 0 fully saturated rings. The number of methoxy groups -OCH3 is 1. The highest BCUT2D eigenvalue weighted by molar-refractivity contribution is 5.17. The summed E-state index contributed by atoms with van der Waals surface area (Å²) in [5.41, 5.74) is 0.836. The van der Waals surface area contributed by atoms with E-state index in [0.29, 0.717) is 5.92 Å². The lowest BCUT2D eigenvalue weighted by atomic mass is 9.93. The van der Waals surface area contributed by atoms with Crippen molar-refractivity contribution in [2.45, 2.75) is 39.0 Å². The van der Waals surface area contributed by atoms with Gasteiger partial charge in [-0.15, -0.1) is 0 Å². The van der Waals surface area contributed by atoms with Gasteiger partial charge in [0.15, 0.2) is 0 Å². The molecule has 1 rings (SSSR count). The molecule has 114 valence electrons. The van der Waals surface area contributed by atoms with Crippen LogP contribution in [0, 0.1) is 11.7 Å². The number of nitrogens with one attached hydrogen (secondary N) is 1. The van der Waals surface area contributed by atoms with Crippen molar-refractivity contribution in [1.82, 2.24) is 5.32 Å². The Hall–Kier alpha value is -0.930. The molecule has 0 bridgehead atoms. The first kappa shape index (κ1) is 17.1. The zero-order valence-corrected chi connectivity index (χ0v) is 12.8. The number of rotatable bonds is 11. The van der Waals surface area contributed by atoms with Gasteiger partial charge >= 0.3 is 0 Å². The second kappa shape index (κ2) is 10.8. The minimum absolute atomic E-state index is 0.0788. The maximum atomic E-state index is 13.7. The maximum absolute atomic E-state index is 13.7. The fourth-order valence-electron chi connectivity index (χ4n) is 2.41. The Morgan fingerprint density at radius 3 is 2.75 bits per heavy atom. The highest BCUT2D eigenvalue weighted by Crippen LogP contribution is 2.17. The highest BCUT2D eigenvalue weighted by Gasteiger charge is 2.11. The van der Waals surface area contributed by atoms with E-state index in [9.17, 15) is 4.39 Å². The van der Waals surface area contributed by atoms with Gasteiger partial charge in [0, 0.05) is 13.7 Å². The minimum atomic E-state index is -0.0788. The van der Waals surface area contributed by atoms with Crippen molar-refractivity contribution in [1.29, 1.82) is 0 Å². The summed E-state index contributed by atoms with van der Waals surface area (Å²) in [5, 5.41) is 3.41. The third kappa shape index (κ3) is 7.01. The molecule has 1 unspecified atom stereocenters. The van der Waals surface area contributed by atoms with Crippen molar-refractivity contribution >= 4 is 0 Å². The summed E-state index contributed by atoms with van der Waals surface area (Å²) < 4.78 is 18.8. The first-order chi connectivity index (χ1) is 9.77. The fourth-order valence-corrected chi connectivity index (χ4v) is 2.41. The molecular weight excluding hydrogens is 253 g/mol. The van der Waals surface area contributed by atoms with E-state index in [4.69, 9.17) is 4.74 Å². The second-order valence-corrected chi connectivity index (χ2v) is 5.35. The van der Waals surface area contributed by atoms with E-state index in [-0.39, 0.29) is 5.82 Å². The molecule has 3 heteroatoms. The molecule has 0 aromatic heterocycles. The van der Waals surface area contributed by atoms with Crippen LogP contribution in [0.15, 0.2) is 24.3 Å². The summed E-state index contributed by atoms with van der Waals surface area (Å²) in [6, 6.07) is 7.12. The van der Waals surface area contributed by atoms with Crippen LogP contribution < -0.4 is 5.32 Å². The average Bonchev–Trinajstić information content (AvgIpc) is 2.46. The molecule has 0 aliphatic heterocycles. The Balaban J connectivity index is 2.46. The summed E-state index contributed by atoms with van der Waals surface area (Å²) in [6.45, 7) is 4.73. The smallest absolute Gasteiger partial charge is 0.126 e. The van der Waals surface area contributed by atoms with E-state index in [0.717, 1.165) is 38.1 Å². The summed E-state index contributed by atoms with van der Waals surface area (Å²) in [7, 11) is 1.71. The van der Waals surface area contributed by atoms with Crippen LogP contribution in [0.3, 0.4) is 0 Å². The Morgan fingerprint density at radius 2 is 2.05 bits per heavy atom. The van der Waals surface area contributed by atoms with Crippen molar-refractivity contribution in [2.24, 2.45) is 5.92 Å². The molecule has 0 saturated carbocycles. The van der Waals surface area contributed by atoms with Crippen LogP contribution in [0.2, 0.25) is 0 Å². The average molecular weight is 281 g/mol. The molecule has 1 N–H and O–H groups in total. The number of unbranched alkanes of at least 4 members (excludes halogenated alkanes) is 2. The van der Waals surface area contributed by atoms with Gasteiger partial charge < -0.3 is 10.1 Å². The highest BCUT2D eigenvalue weighted by atomic mass is 19.1. The summed E-state index contributed by atoms with van der Waals surface area (Å²) in [5.74, 6) is 0.417. The molecule has 0 heterocycles. The van der Waals surface area contributed by atoms with E-state index in [1.165, 1.54) is 19.3 Å². The molecule has 0 aliphatic carbocycles. The second-order valence-electron chi connectivity index (χ2n) is 5.35. The first-order valence-corrected chi connectivity index (χ1v) is 7.71. The lowest BCUT2D eigenvalue weighted by Crippen LogP contribution is -2.27. The van der Waals surface area contributed by atoms with Crippen molar-refractivity contribution in [3.8, 4) is 0 Å². The molecule has 0 saturated heterocycles. The van der Waals surface area contributed by atoms with Gasteiger partial charge in [0.2, 0.25) is 0 Å². The van der Waals surface area contributed by atoms with E-state index in [1.807, 2.05) is 12.1 Å². The molecule has 20 heavy (non-hydrogen) atoms. The molecule has 0 spiro atoms. The monoisotopic (exact) mass is 281 g/mol. The third-order valence-corrected chi connectivity index (χ3v) is 3.60. The van der Waals surface area contributed by atoms with Crippen LogP contribution >= 0.6 is 0 Å². The van der Waals surface area contributed by atoms with Gasteiger partial charge in [-0.2, -0.15) is 0 Å². The molecule has 1 aromatic carbocycles. The molecule has 0 amide bonds. The molecular formula is C17H28FNO. The fraction of sp³-hybridized carbons (Fsp3) is 0.647. The van der Waals surface area contributed by atoms with E-state index in [1.54, 1.807) is 19.2 Å². The number of hydrogen-bond donors (Lipinski definition) is 1. The maximum Gasteiger partial charge on any atom is 0.126 e.